The lowest BCUT2D eigenvalue weighted by molar-refractivity contribution is 0.0498. The molecule has 8 heteroatoms. The second kappa shape index (κ2) is 11.0. The predicted molar refractivity (Wildman–Crippen MR) is 159 cm³/mol. The minimum absolute atomic E-state index is 0.0132. The fraction of sp³-hybridized carbons (Fsp3) is 0.719. The van der Waals surface area contributed by atoms with E-state index in [-0.39, 0.29) is 17.6 Å². The van der Waals surface area contributed by atoms with Gasteiger partial charge in [-0.3, -0.25) is 14.6 Å². The van der Waals surface area contributed by atoms with Crippen LogP contribution in [-0.4, -0.2) is 73.3 Å². The molecule has 3 aliphatic heterocycles. The van der Waals surface area contributed by atoms with Gasteiger partial charge < -0.3 is 14.6 Å². The second-order valence-corrected chi connectivity index (χ2v) is 13.8. The molecule has 3 saturated heterocycles. The van der Waals surface area contributed by atoms with Crippen molar-refractivity contribution in [1.29, 1.82) is 0 Å². The Kier molecular flexibility index (Phi) is 7.57. The van der Waals surface area contributed by atoms with Gasteiger partial charge in [0.2, 0.25) is 0 Å². The van der Waals surface area contributed by atoms with E-state index < -0.39 is 11.6 Å². The normalized spacial score (nSPS) is 28.5. The Labute approximate surface area is 238 Å². The van der Waals surface area contributed by atoms with Crippen molar-refractivity contribution in [2.24, 2.45) is 0 Å². The smallest absolute Gasteiger partial charge is 0.408 e. The molecule has 1 N–H and O–H groups in total. The topological polar surface area (TPSA) is 81.9 Å². The van der Waals surface area contributed by atoms with Gasteiger partial charge in [0.25, 0.3) is 5.56 Å². The highest BCUT2D eigenvalue weighted by Gasteiger charge is 2.45. The molecule has 1 saturated carbocycles. The van der Waals surface area contributed by atoms with Gasteiger partial charge in [-0.2, -0.15) is 0 Å². The molecule has 2 unspecified atom stereocenters. The number of piperidine rings is 1. The van der Waals surface area contributed by atoms with E-state index >= 15 is 0 Å². The molecule has 4 fully saturated rings. The molecule has 2 aromatic rings. The van der Waals surface area contributed by atoms with E-state index in [1.807, 2.05) is 43.9 Å². The van der Waals surface area contributed by atoms with E-state index in [1.165, 1.54) is 57.8 Å². The summed E-state index contributed by atoms with van der Waals surface area (Å²) in [4.78, 5) is 37.8. The number of anilines is 1. The Morgan fingerprint density at radius 1 is 0.900 bits per heavy atom. The number of aromatic nitrogens is 2. The fourth-order valence-electron chi connectivity index (χ4n) is 8.57. The van der Waals surface area contributed by atoms with Crippen molar-refractivity contribution < 1.29 is 9.90 Å². The van der Waals surface area contributed by atoms with Crippen LogP contribution in [0.15, 0.2) is 29.1 Å². The summed E-state index contributed by atoms with van der Waals surface area (Å²) >= 11 is 0. The van der Waals surface area contributed by atoms with Crippen LogP contribution in [-0.2, 0) is 0 Å². The first-order valence-electron chi connectivity index (χ1n) is 15.8. The molecule has 2 bridgehead atoms. The Bertz CT molecular complexity index is 1260. The molecular weight excluding hydrogens is 502 g/mol. The molecule has 4 aliphatic rings. The first-order chi connectivity index (χ1) is 19.2. The van der Waals surface area contributed by atoms with Crippen LogP contribution >= 0.6 is 0 Å². The third-order valence-corrected chi connectivity index (χ3v) is 10.2. The van der Waals surface area contributed by atoms with E-state index in [0.29, 0.717) is 43.5 Å². The quantitative estimate of drug-likeness (QED) is 0.501. The lowest BCUT2D eigenvalue weighted by atomic mass is 9.89. The van der Waals surface area contributed by atoms with Gasteiger partial charge in [0.1, 0.15) is 0 Å². The molecule has 3 atom stereocenters. The maximum Gasteiger partial charge on any atom is 0.408 e. The van der Waals surface area contributed by atoms with Crippen LogP contribution in [0.3, 0.4) is 0 Å². The Balaban J connectivity index is 1.30. The van der Waals surface area contributed by atoms with Crippen LogP contribution in [0.5, 0.6) is 0 Å². The molecule has 0 spiro atoms. The molecule has 40 heavy (non-hydrogen) atoms. The Morgan fingerprint density at radius 3 is 2.20 bits per heavy atom. The second-order valence-electron chi connectivity index (χ2n) is 13.8. The third-order valence-electron chi connectivity index (χ3n) is 10.2. The average molecular weight is 550 g/mol. The molecule has 1 aromatic heterocycles. The SMILES string of the molecule is CC(C)(C)N(C(=O)O)[C@@H]1CCN(c2nc3ccccc3n(C3CC4CCC(C3)N4C3CCCCCCC3)c2=O)C1. The minimum Gasteiger partial charge on any atom is -0.465 e. The van der Waals surface area contributed by atoms with Gasteiger partial charge in [0, 0.05) is 42.8 Å². The summed E-state index contributed by atoms with van der Waals surface area (Å²) in [5.74, 6) is 0.482. The van der Waals surface area contributed by atoms with Crippen LogP contribution < -0.4 is 10.5 Å². The third kappa shape index (κ3) is 5.12. The summed E-state index contributed by atoms with van der Waals surface area (Å²) in [5.41, 5.74) is 1.26. The highest BCUT2D eigenvalue weighted by atomic mass is 16.4. The first kappa shape index (κ1) is 27.6. The van der Waals surface area contributed by atoms with Crippen molar-refractivity contribution in [2.75, 3.05) is 18.0 Å². The Morgan fingerprint density at radius 2 is 1.55 bits per heavy atom. The summed E-state index contributed by atoms with van der Waals surface area (Å²) in [6.45, 7) is 6.93. The first-order valence-corrected chi connectivity index (χ1v) is 15.8. The lowest BCUT2D eigenvalue weighted by Crippen LogP contribution is -2.52. The molecule has 6 rings (SSSR count). The van der Waals surface area contributed by atoms with Gasteiger partial charge >= 0.3 is 6.09 Å². The van der Waals surface area contributed by atoms with Gasteiger partial charge in [0.05, 0.1) is 17.1 Å². The van der Waals surface area contributed by atoms with Gasteiger partial charge in [-0.1, -0.05) is 44.2 Å². The van der Waals surface area contributed by atoms with E-state index in [1.54, 1.807) is 4.90 Å². The number of nitrogens with zero attached hydrogens (tertiary/aromatic N) is 5. The molecule has 1 amide bonds. The van der Waals surface area contributed by atoms with Gasteiger partial charge in [-0.15, -0.1) is 0 Å². The molecule has 218 valence electrons. The molecule has 0 radical (unpaired) electrons. The Hall–Kier alpha value is -2.61. The van der Waals surface area contributed by atoms with Gasteiger partial charge in [-0.25, -0.2) is 9.78 Å². The van der Waals surface area contributed by atoms with E-state index in [2.05, 4.69) is 15.5 Å². The van der Waals surface area contributed by atoms with Crippen molar-refractivity contribution in [3.8, 4) is 0 Å². The zero-order valence-electron chi connectivity index (χ0n) is 24.6. The molecule has 4 heterocycles. The zero-order chi connectivity index (χ0) is 28.0. The van der Waals surface area contributed by atoms with E-state index in [9.17, 15) is 14.7 Å². The van der Waals surface area contributed by atoms with E-state index in [4.69, 9.17) is 4.98 Å². The number of para-hydroxylation sites is 2. The number of hydrogen-bond donors (Lipinski definition) is 1. The molecule has 8 nitrogen and oxygen atoms in total. The minimum atomic E-state index is -0.908. The fourth-order valence-corrected chi connectivity index (χ4v) is 8.57. The summed E-state index contributed by atoms with van der Waals surface area (Å²) in [7, 11) is 0. The van der Waals surface area contributed by atoms with Crippen molar-refractivity contribution in [3.63, 3.8) is 0 Å². The van der Waals surface area contributed by atoms with Crippen LogP contribution in [0.2, 0.25) is 0 Å². The lowest BCUT2D eigenvalue weighted by Gasteiger charge is -2.45. The summed E-state index contributed by atoms with van der Waals surface area (Å²) < 4.78 is 2.07. The highest BCUT2D eigenvalue weighted by Crippen LogP contribution is 2.44. The number of carbonyl (C=O) groups is 1. The predicted octanol–water partition coefficient (Wildman–Crippen LogP) is 6.03. The van der Waals surface area contributed by atoms with Crippen molar-refractivity contribution >= 4 is 22.9 Å². The maximum absolute atomic E-state index is 14.3. The number of hydrogen-bond acceptors (Lipinski definition) is 5. The van der Waals surface area contributed by atoms with Gasteiger partial charge in [0.15, 0.2) is 5.82 Å². The number of carboxylic acid groups (broad SMARTS) is 1. The molecular formula is C32H47N5O3. The average Bonchev–Trinajstić information content (AvgIpc) is 3.44. The zero-order valence-corrected chi connectivity index (χ0v) is 24.6. The van der Waals surface area contributed by atoms with Crippen molar-refractivity contribution in [1.82, 2.24) is 19.4 Å². The summed E-state index contributed by atoms with van der Waals surface area (Å²) in [6, 6.07) is 9.90. The standard InChI is InChI=1S/C32H47N5O3/c1-32(2,3)37(31(39)40)25-17-18-34(21-25)29-30(38)36(28-14-10-9-13-27(28)33-29)26-19-23-15-16-24(20-26)35(23)22-11-7-5-4-6-8-12-22/h9-10,13-14,22-26H,4-8,11-12,15-21H2,1-3H3,(H,39,40)/t23?,24?,25-,26?/m1/s1. The molecule has 1 aromatic carbocycles. The van der Waals surface area contributed by atoms with Crippen LogP contribution in [0.25, 0.3) is 11.0 Å². The largest absolute Gasteiger partial charge is 0.465 e. The number of benzene rings is 1. The van der Waals surface area contributed by atoms with Crippen LogP contribution in [0.4, 0.5) is 10.6 Å². The molecule has 1 aliphatic carbocycles. The number of amides is 1. The van der Waals surface area contributed by atoms with E-state index in [0.717, 1.165) is 23.9 Å². The van der Waals surface area contributed by atoms with Crippen molar-refractivity contribution in [2.45, 2.75) is 134 Å². The monoisotopic (exact) mass is 549 g/mol. The number of fused-ring (bicyclic) bond motifs is 3. The summed E-state index contributed by atoms with van der Waals surface area (Å²) in [6.07, 6.45) is 13.8. The van der Waals surface area contributed by atoms with Crippen LogP contribution in [0, 0.1) is 0 Å². The number of rotatable bonds is 4. The van der Waals surface area contributed by atoms with Crippen molar-refractivity contribution in [3.05, 3.63) is 34.6 Å². The maximum atomic E-state index is 14.3. The van der Waals surface area contributed by atoms with Crippen LogP contribution in [0.1, 0.15) is 104 Å². The highest BCUT2D eigenvalue weighted by molar-refractivity contribution is 5.76. The summed E-state index contributed by atoms with van der Waals surface area (Å²) in [5, 5.41) is 9.96. The van der Waals surface area contributed by atoms with Gasteiger partial charge in [-0.05, 0) is 77.8 Å².